The third kappa shape index (κ3) is 5.71. The van der Waals surface area contributed by atoms with E-state index in [0.717, 1.165) is 61.6 Å². The summed E-state index contributed by atoms with van der Waals surface area (Å²) in [5, 5.41) is 16.7. The number of hydrogen-bond acceptors (Lipinski definition) is 3. The number of anilines is 1. The van der Waals surface area contributed by atoms with Crippen LogP contribution in [0, 0.1) is 17.9 Å². The molecule has 0 radical (unpaired) electrons. The van der Waals surface area contributed by atoms with Crippen LogP contribution in [0.3, 0.4) is 0 Å². The summed E-state index contributed by atoms with van der Waals surface area (Å²) in [4.78, 5) is 5.68. The fourth-order valence-electron chi connectivity index (χ4n) is 7.09. The standard InChI is InChI=1S/C47H34N4O/c1-4-50(3)34-24-21-32(22-25-34)23-26-35-29-33(44(31-48)49-2)30-36(52-35)27-28-39-37-13-5-7-17-42(37)47(43-18-8-6-14-38(39)43)51-45-19-11-9-15-40(45)41-16-10-12-20-46(41)51/h5-30H,4H2,1,3H3. The largest absolute Gasteiger partial charge is 0.457 e. The summed E-state index contributed by atoms with van der Waals surface area (Å²) in [6, 6.07) is 44.6. The van der Waals surface area contributed by atoms with Gasteiger partial charge < -0.3 is 14.2 Å². The van der Waals surface area contributed by atoms with E-state index in [9.17, 15) is 5.26 Å². The van der Waals surface area contributed by atoms with Crippen molar-refractivity contribution in [1.29, 1.82) is 5.26 Å². The molecule has 0 aliphatic carbocycles. The molecule has 1 aliphatic rings. The van der Waals surface area contributed by atoms with Crippen molar-refractivity contribution in [2.45, 2.75) is 6.92 Å². The number of para-hydroxylation sites is 2. The molecule has 52 heavy (non-hydrogen) atoms. The number of ether oxygens (including phenoxy) is 1. The molecule has 0 fully saturated rings. The van der Waals surface area contributed by atoms with E-state index in [1.807, 2.05) is 18.2 Å². The van der Waals surface area contributed by atoms with Crippen LogP contribution < -0.4 is 4.90 Å². The van der Waals surface area contributed by atoms with Crippen LogP contribution in [0.1, 0.15) is 18.1 Å². The van der Waals surface area contributed by atoms with Crippen LogP contribution >= 0.6 is 0 Å². The van der Waals surface area contributed by atoms with Crippen LogP contribution in [0.4, 0.5) is 5.69 Å². The third-order valence-corrected chi connectivity index (χ3v) is 9.73. The van der Waals surface area contributed by atoms with Gasteiger partial charge in [0.1, 0.15) is 11.5 Å². The number of benzene rings is 6. The Morgan fingerprint density at radius 3 is 1.71 bits per heavy atom. The first-order chi connectivity index (χ1) is 25.6. The molecule has 0 spiro atoms. The van der Waals surface area contributed by atoms with E-state index in [4.69, 9.17) is 11.3 Å². The Morgan fingerprint density at radius 1 is 0.692 bits per heavy atom. The van der Waals surface area contributed by atoms with Gasteiger partial charge in [0.25, 0.3) is 5.70 Å². The zero-order valence-electron chi connectivity index (χ0n) is 28.9. The Kier molecular flexibility index (Phi) is 8.45. The van der Waals surface area contributed by atoms with E-state index in [2.05, 4.69) is 162 Å². The molecule has 6 aromatic carbocycles. The zero-order valence-corrected chi connectivity index (χ0v) is 28.9. The summed E-state index contributed by atoms with van der Waals surface area (Å²) in [6.07, 6.45) is 11.4. The Balaban J connectivity index is 1.24. The maximum absolute atomic E-state index is 9.77. The van der Waals surface area contributed by atoms with Gasteiger partial charge in [-0.15, -0.1) is 0 Å². The molecule has 1 aliphatic heterocycles. The van der Waals surface area contributed by atoms with E-state index in [1.165, 1.54) is 10.8 Å². The van der Waals surface area contributed by atoms with E-state index in [-0.39, 0.29) is 5.70 Å². The SMILES string of the molecule is [C-]#[N+]C(C#N)=C1C=C(C=Cc2ccc(N(C)CC)cc2)OC(C=Cc2c3ccccc3c(-n3c4ccccc4c4ccccc43)c3ccccc23)=C1. The summed E-state index contributed by atoms with van der Waals surface area (Å²) in [6.45, 7) is 10.7. The Bertz CT molecular complexity index is 2650. The van der Waals surface area contributed by atoms with Crippen LogP contribution in [-0.2, 0) is 4.74 Å². The van der Waals surface area contributed by atoms with Crippen LogP contribution in [0.5, 0.6) is 0 Å². The average molecular weight is 671 g/mol. The minimum absolute atomic E-state index is 0.0125. The lowest BCUT2D eigenvalue weighted by molar-refractivity contribution is 0.332. The minimum atomic E-state index is 0.0125. The molecule has 0 amide bonds. The molecule has 0 saturated heterocycles. The summed E-state index contributed by atoms with van der Waals surface area (Å²) in [7, 11) is 2.07. The Morgan fingerprint density at radius 2 is 1.19 bits per heavy atom. The first-order valence-corrected chi connectivity index (χ1v) is 17.3. The van der Waals surface area contributed by atoms with Gasteiger partial charge in [-0.3, -0.25) is 0 Å². The molecule has 7 aromatic rings. The maximum atomic E-state index is 9.77. The van der Waals surface area contributed by atoms with Gasteiger partial charge in [-0.1, -0.05) is 109 Å². The molecule has 0 N–H and O–H groups in total. The second kappa shape index (κ2) is 13.7. The van der Waals surface area contributed by atoms with Gasteiger partial charge in [0.05, 0.1) is 29.4 Å². The van der Waals surface area contributed by atoms with Crippen molar-refractivity contribution < 1.29 is 4.74 Å². The van der Waals surface area contributed by atoms with Crippen LogP contribution in [0.2, 0.25) is 0 Å². The number of nitrogens with zero attached hydrogens (tertiary/aromatic N) is 4. The highest BCUT2D eigenvalue weighted by Crippen LogP contribution is 2.41. The zero-order chi connectivity index (χ0) is 35.6. The number of allylic oxidation sites excluding steroid dienone is 6. The van der Waals surface area contributed by atoms with Crippen LogP contribution in [-0.4, -0.2) is 18.2 Å². The molecular weight excluding hydrogens is 637 g/mol. The van der Waals surface area contributed by atoms with Gasteiger partial charge in [-0.05, 0) is 83.0 Å². The molecule has 8 rings (SSSR count). The van der Waals surface area contributed by atoms with Crippen molar-refractivity contribution in [3.05, 3.63) is 191 Å². The van der Waals surface area contributed by atoms with Crippen LogP contribution in [0.15, 0.2) is 168 Å². The van der Waals surface area contributed by atoms with Crippen LogP contribution in [0.25, 0.3) is 66.0 Å². The smallest absolute Gasteiger partial charge is 0.269 e. The van der Waals surface area contributed by atoms with E-state index < -0.39 is 0 Å². The van der Waals surface area contributed by atoms with E-state index in [1.54, 1.807) is 12.2 Å². The predicted molar refractivity (Wildman–Crippen MR) is 216 cm³/mol. The molecule has 1 aromatic heterocycles. The van der Waals surface area contributed by atoms with Gasteiger partial charge in [0.15, 0.2) is 0 Å². The highest BCUT2D eigenvalue weighted by molar-refractivity contribution is 6.17. The molecule has 2 heterocycles. The third-order valence-electron chi connectivity index (χ3n) is 9.73. The summed E-state index contributed by atoms with van der Waals surface area (Å²) in [5.74, 6) is 1.08. The van der Waals surface area contributed by atoms with Crippen molar-refractivity contribution in [3.63, 3.8) is 0 Å². The first kappa shape index (κ1) is 32.1. The van der Waals surface area contributed by atoms with E-state index >= 15 is 0 Å². The topological polar surface area (TPSA) is 45.6 Å². The molecule has 248 valence electrons. The van der Waals surface area contributed by atoms with Gasteiger partial charge >= 0.3 is 0 Å². The molecule has 5 heteroatoms. The normalized spacial score (nSPS) is 14.1. The highest BCUT2D eigenvalue weighted by atomic mass is 16.5. The summed E-state index contributed by atoms with van der Waals surface area (Å²) in [5.41, 5.74) is 7.20. The molecule has 0 unspecified atom stereocenters. The fourth-order valence-corrected chi connectivity index (χ4v) is 7.09. The molecule has 0 saturated carbocycles. The Labute approximate surface area is 303 Å². The van der Waals surface area contributed by atoms with Crippen molar-refractivity contribution in [1.82, 2.24) is 4.57 Å². The number of fused-ring (bicyclic) bond motifs is 5. The number of hydrogen-bond donors (Lipinski definition) is 0. The second-order valence-corrected chi connectivity index (χ2v) is 12.7. The highest BCUT2D eigenvalue weighted by Gasteiger charge is 2.19. The fraction of sp³-hybridized carbons (Fsp3) is 0.0638. The summed E-state index contributed by atoms with van der Waals surface area (Å²) >= 11 is 0. The number of rotatable bonds is 7. The average Bonchev–Trinajstić information content (AvgIpc) is 3.53. The molecule has 0 atom stereocenters. The number of aromatic nitrogens is 1. The monoisotopic (exact) mass is 670 g/mol. The second-order valence-electron chi connectivity index (χ2n) is 12.7. The first-order valence-electron chi connectivity index (χ1n) is 17.3. The van der Waals surface area contributed by atoms with E-state index in [0.29, 0.717) is 17.1 Å². The summed E-state index contributed by atoms with van der Waals surface area (Å²) < 4.78 is 8.77. The van der Waals surface area contributed by atoms with Gasteiger partial charge in [0.2, 0.25) is 0 Å². The molecule has 5 nitrogen and oxygen atoms in total. The van der Waals surface area contributed by atoms with Gasteiger partial charge in [-0.25, -0.2) is 10.1 Å². The number of nitriles is 1. The van der Waals surface area contributed by atoms with Gasteiger partial charge in [-0.2, -0.15) is 0 Å². The van der Waals surface area contributed by atoms with Gasteiger partial charge in [0, 0.05) is 40.8 Å². The minimum Gasteiger partial charge on any atom is -0.457 e. The lowest BCUT2D eigenvalue weighted by atomic mass is 9.94. The molecule has 0 bridgehead atoms. The maximum Gasteiger partial charge on any atom is 0.269 e. The lowest BCUT2D eigenvalue weighted by Crippen LogP contribution is -2.15. The lowest BCUT2D eigenvalue weighted by Gasteiger charge is -2.18. The quantitative estimate of drug-likeness (QED) is 0.0963. The van der Waals surface area contributed by atoms with Crippen molar-refractivity contribution >= 4 is 61.2 Å². The van der Waals surface area contributed by atoms with Crippen molar-refractivity contribution in [3.8, 4) is 11.8 Å². The predicted octanol–water partition coefficient (Wildman–Crippen LogP) is 11.8. The Hall–Kier alpha value is -7.08. The van der Waals surface area contributed by atoms with Crippen molar-refractivity contribution in [2.75, 3.05) is 18.5 Å². The van der Waals surface area contributed by atoms with Crippen molar-refractivity contribution in [2.24, 2.45) is 0 Å². The molecular formula is C47H34N4O.